The summed E-state index contributed by atoms with van der Waals surface area (Å²) < 4.78 is 5.28. The number of hydrogen-bond donors (Lipinski definition) is 4. The fourth-order valence-electron chi connectivity index (χ4n) is 8.05. The molecule has 6 amide bonds. The van der Waals surface area contributed by atoms with Gasteiger partial charge in [-0.3, -0.25) is 38.4 Å². The number of carbonyl (C=O) groups is 8. The zero-order chi connectivity index (χ0) is 52.7. The highest BCUT2D eigenvalue weighted by molar-refractivity contribution is 6.10. The van der Waals surface area contributed by atoms with Gasteiger partial charge in [0.05, 0.1) is 13.0 Å². The van der Waals surface area contributed by atoms with Crippen molar-refractivity contribution in [2.75, 3.05) is 57.5 Å². The van der Waals surface area contributed by atoms with E-state index in [1.807, 2.05) is 12.2 Å². The molecule has 0 aromatic heterocycles. The number of amides is 6. The molecule has 15 heteroatoms. The summed E-state index contributed by atoms with van der Waals surface area (Å²) in [5.41, 5.74) is 1.93. The molecule has 0 saturated heterocycles. The van der Waals surface area contributed by atoms with E-state index in [1.165, 1.54) is 24.3 Å². The molecule has 3 aliphatic rings. The number of ketones is 1. The van der Waals surface area contributed by atoms with Gasteiger partial charge in [-0.15, -0.1) is 0 Å². The summed E-state index contributed by atoms with van der Waals surface area (Å²) >= 11 is 0. The van der Waals surface area contributed by atoms with E-state index < -0.39 is 5.91 Å². The second kappa shape index (κ2) is 38.3. The van der Waals surface area contributed by atoms with Gasteiger partial charge in [0.1, 0.15) is 0 Å². The van der Waals surface area contributed by atoms with Crippen molar-refractivity contribution in [1.29, 1.82) is 0 Å². The Morgan fingerprint density at radius 3 is 1.37 bits per heavy atom. The highest BCUT2D eigenvalue weighted by Crippen LogP contribution is 2.18. The lowest BCUT2D eigenvalue weighted by molar-refractivity contribution is -0.145. The van der Waals surface area contributed by atoms with Crippen LogP contribution in [0.2, 0.25) is 0 Å². The van der Waals surface area contributed by atoms with Crippen molar-refractivity contribution in [2.45, 2.75) is 161 Å². The Morgan fingerprint density at radius 1 is 0.411 bits per heavy atom. The van der Waals surface area contributed by atoms with Gasteiger partial charge < -0.3 is 35.8 Å². The van der Waals surface area contributed by atoms with Crippen LogP contribution in [-0.4, -0.2) is 104 Å². The predicted octanol–water partition coefficient (Wildman–Crippen LogP) is 9.92. The fraction of sp³-hybridized carbons (Fsp3) is 0.552. The summed E-state index contributed by atoms with van der Waals surface area (Å²) in [6.45, 7) is 2.71. The van der Waals surface area contributed by atoms with Crippen LogP contribution in [0.15, 0.2) is 85.0 Å². The first-order valence-electron chi connectivity index (χ1n) is 27.0. The zero-order valence-electron chi connectivity index (χ0n) is 43.9. The number of benzene rings is 2. The van der Waals surface area contributed by atoms with E-state index in [0.717, 1.165) is 128 Å². The lowest BCUT2D eigenvalue weighted by atomic mass is 10.0. The smallest absolute Gasteiger partial charge is 0.306 e. The molecule has 2 aromatic rings. The lowest BCUT2D eigenvalue weighted by Crippen LogP contribution is -2.28. The van der Waals surface area contributed by atoms with E-state index in [2.05, 4.69) is 21.3 Å². The number of hydrogen-bond acceptors (Lipinski definition) is 9. The van der Waals surface area contributed by atoms with E-state index in [4.69, 9.17) is 4.74 Å². The predicted molar refractivity (Wildman–Crippen MR) is 289 cm³/mol. The summed E-state index contributed by atoms with van der Waals surface area (Å²) in [7, 11) is 3.54. The number of anilines is 2. The zero-order valence-corrected chi connectivity index (χ0v) is 43.9. The molecule has 0 aliphatic carbocycles. The lowest BCUT2D eigenvalue weighted by Gasteiger charge is -2.16. The Kier molecular flexibility index (Phi) is 31.9. The van der Waals surface area contributed by atoms with Crippen LogP contribution in [-0.2, 0) is 38.3 Å². The number of fused-ring (bicyclic) bond motifs is 2. The molecule has 0 saturated carbocycles. The van der Waals surface area contributed by atoms with Crippen LogP contribution in [0.1, 0.15) is 176 Å². The Hall–Kier alpha value is -6.38. The second-order valence-corrected chi connectivity index (χ2v) is 18.9. The number of rotatable bonds is 0. The molecule has 0 unspecified atom stereocenters. The summed E-state index contributed by atoms with van der Waals surface area (Å²) in [6.07, 6.45) is 31.4. The summed E-state index contributed by atoms with van der Waals surface area (Å²) in [6, 6.07) is 13.1. The van der Waals surface area contributed by atoms with Gasteiger partial charge in [-0.1, -0.05) is 102 Å². The van der Waals surface area contributed by atoms with Crippen molar-refractivity contribution < 1.29 is 43.1 Å². The van der Waals surface area contributed by atoms with E-state index in [9.17, 15) is 38.4 Å². The van der Waals surface area contributed by atoms with Gasteiger partial charge in [-0.2, -0.15) is 0 Å². The molecule has 3 heterocycles. The van der Waals surface area contributed by atoms with Crippen LogP contribution in [0.4, 0.5) is 11.4 Å². The van der Waals surface area contributed by atoms with E-state index in [1.54, 1.807) is 72.4 Å². The van der Waals surface area contributed by atoms with Gasteiger partial charge in [0, 0.05) is 99.9 Å². The van der Waals surface area contributed by atoms with Gasteiger partial charge in [0.15, 0.2) is 5.78 Å². The highest BCUT2D eigenvalue weighted by atomic mass is 16.5. The van der Waals surface area contributed by atoms with Crippen LogP contribution < -0.4 is 21.3 Å². The minimum atomic E-state index is -0.470. The van der Waals surface area contributed by atoms with Crippen LogP contribution >= 0.6 is 0 Å². The highest BCUT2D eigenvalue weighted by Gasteiger charge is 2.13. The average molecular weight is 1010 g/mol. The van der Waals surface area contributed by atoms with Crippen molar-refractivity contribution >= 4 is 58.6 Å². The first kappa shape index (κ1) is 60.9. The van der Waals surface area contributed by atoms with Crippen LogP contribution in [0.25, 0.3) is 0 Å². The average Bonchev–Trinajstić information content (AvgIpc) is 3.38. The molecule has 0 spiro atoms. The van der Waals surface area contributed by atoms with Crippen molar-refractivity contribution in [3.05, 3.63) is 96.1 Å². The maximum absolute atomic E-state index is 13.1. The van der Waals surface area contributed by atoms with Gasteiger partial charge in [-0.25, -0.2) is 0 Å². The minimum Gasteiger partial charge on any atom is -0.466 e. The third kappa shape index (κ3) is 29.7. The molecule has 73 heavy (non-hydrogen) atoms. The number of nitrogens with one attached hydrogen (secondary N) is 4. The fourth-order valence-corrected chi connectivity index (χ4v) is 8.05. The maximum Gasteiger partial charge on any atom is 0.306 e. The number of esters is 1. The SMILES string of the molecule is CN1CCCCCCCCCCCNC(=O)C=CC(=O)Nc2ccc(cc2)C(=O)c2ccc(cc2)NC(=O)CCCC=CCCCOC(=O)CCC(=O)NCCCCCCCCCCCN(C)C(=O)C=CC1=O. The van der Waals surface area contributed by atoms with Crippen LogP contribution in [0, 0.1) is 0 Å². The Labute approximate surface area is 434 Å². The quantitative estimate of drug-likeness (QED) is 0.146. The van der Waals surface area contributed by atoms with Crippen molar-refractivity contribution in [2.24, 2.45) is 0 Å². The van der Waals surface area contributed by atoms with Crippen molar-refractivity contribution in [3.8, 4) is 0 Å². The molecule has 400 valence electrons. The van der Waals surface area contributed by atoms with Crippen LogP contribution in [0.3, 0.4) is 0 Å². The molecular weight excluding hydrogens is 925 g/mol. The molecule has 0 radical (unpaired) electrons. The largest absolute Gasteiger partial charge is 0.466 e. The normalized spacial score (nSPS) is 19.4. The third-order valence-corrected chi connectivity index (χ3v) is 12.6. The molecule has 15 nitrogen and oxygen atoms in total. The monoisotopic (exact) mass is 1010 g/mol. The van der Waals surface area contributed by atoms with E-state index in [0.29, 0.717) is 67.9 Å². The van der Waals surface area contributed by atoms with Gasteiger partial charge in [0.2, 0.25) is 35.4 Å². The van der Waals surface area contributed by atoms with E-state index in [-0.39, 0.29) is 60.7 Å². The molecule has 4 N–H and O–H groups in total. The molecule has 5 rings (SSSR count). The topological polar surface area (TPSA) is 200 Å². The molecule has 3 aliphatic heterocycles. The standard InChI is InChI=1S/C58H84N6O9/c1-63-44-24-18-12-7-3-5-10-16-22-42-59-51(65)36-37-54(68)62-50-34-30-48(31-35-50)58(72)47-28-32-49(33-29-47)61-53(67)27-21-15-9-14-20-26-46-73-57(71)41-38-52(66)60-43-23-17-11-6-4-8-13-19-25-45-64(2)56(70)40-39-55(63)69/h9,14,28-37,39-40H,3-8,10-13,15-27,38,41-46H2,1-2H3,(H,59,65)(H,60,66)(H,61,67)(H,62,68). The maximum atomic E-state index is 13.1. The van der Waals surface area contributed by atoms with Gasteiger partial charge in [-0.05, 0) is 99.9 Å². The molecular formula is C58H84N6O9. The second-order valence-electron chi connectivity index (χ2n) is 18.9. The summed E-state index contributed by atoms with van der Waals surface area (Å²) in [5, 5.41) is 11.3. The van der Waals surface area contributed by atoms with Gasteiger partial charge >= 0.3 is 5.97 Å². The number of likely N-dealkylation sites (N-methyl/N-ethyl adjacent to an activating group) is 2. The number of nitrogens with zero attached hydrogens (tertiary/aromatic N) is 2. The Morgan fingerprint density at radius 2 is 0.849 bits per heavy atom. The Balaban J connectivity index is 1.39. The van der Waals surface area contributed by atoms with Crippen molar-refractivity contribution in [3.63, 3.8) is 0 Å². The first-order valence-corrected chi connectivity index (χ1v) is 27.0. The molecule has 4 bridgehead atoms. The number of ether oxygens (including phenoxy) is 1. The number of allylic oxidation sites excluding steroid dienone is 2. The van der Waals surface area contributed by atoms with E-state index >= 15 is 0 Å². The molecule has 2 aromatic carbocycles. The van der Waals surface area contributed by atoms with Crippen LogP contribution in [0.5, 0.6) is 0 Å². The van der Waals surface area contributed by atoms with Crippen molar-refractivity contribution in [1.82, 2.24) is 20.4 Å². The number of carbonyl (C=O) groups excluding carboxylic acids is 8. The molecule has 0 atom stereocenters. The minimum absolute atomic E-state index is 0.0512. The molecule has 0 fully saturated rings. The van der Waals surface area contributed by atoms with Gasteiger partial charge in [0.25, 0.3) is 0 Å². The third-order valence-electron chi connectivity index (χ3n) is 12.6. The Bertz CT molecular complexity index is 2080. The summed E-state index contributed by atoms with van der Waals surface area (Å²) in [4.78, 5) is 103. The first-order chi connectivity index (χ1) is 35.4. The summed E-state index contributed by atoms with van der Waals surface area (Å²) in [5.74, 6) is -2.01.